The number of rotatable bonds is 3. The molecule has 0 aromatic carbocycles. The van der Waals surface area contributed by atoms with Gasteiger partial charge in [-0.05, 0) is 25.7 Å². The van der Waals surface area contributed by atoms with E-state index in [4.69, 9.17) is 0 Å². The van der Waals surface area contributed by atoms with Gasteiger partial charge in [0.2, 0.25) is 0 Å². The predicted molar refractivity (Wildman–Crippen MR) is 50.4 cm³/mol. The Morgan fingerprint density at radius 1 is 0.714 bits per heavy atom. The fourth-order valence-electron chi connectivity index (χ4n) is 1.81. The molecule has 0 N–H and O–H groups in total. The van der Waals surface area contributed by atoms with Crippen LogP contribution in [0.2, 0.25) is 0 Å². The maximum absolute atomic E-state index is 13.2. The zero-order valence-corrected chi connectivity index (χ0v) is 10.1. The molecule has 0 atom stereocenters. The summed E-state index contributed by atoms with van der Waals surface area (Å²) >= 11 is 0. The summed E-state index contributed by atoms with van der Waals surface area (Å²) in [6.07, 6.45) is -13.3. The van der Waals surface area contributed by atoms with Gasteiger partial charge in [-0.15, -0.1) is 0 Å². The Balaban J connectivity index is 3.41. The van der Waals surface area contributed by atoms with Gasteiger partial charge in [0.25, 0.3) is 0 Å². The molecular formula is C10H9F10N. The molecule has 1 rings (SSSR count). The summed E-state index contributed by atoms with van der Waals surface area (Å²) < 4.78 is 126. The van der Waals surface area contributed by atoms with Crippen LogP contribution in [0, 0.1) is 0 Å². The van der Waals surface area contributed by atoms with Gasteiger partial charge in [0.1, 0.15) is 0 Å². The Kier molecular flexibility index (Phi) is 4.46. The predicted octanol–water partition coefficient (Wildman–Crippen LogP) is 5.06. The highest BCUT2D eigenvalue weighted by Crippen LogP contribution is 2.51. The average Bonchev–Trinajstić information content (AvgIpc) is 2.26. The highest BCUT2D eigenvalue weighted by Gasteiger charge is 2.74. The normalized spacial score (nSPS) is 18.5. The van der Waals surface area contributed by atoms with Gasteiger partial charge in [-0.1, -0.05) is 6.08 Å². The monoisotopic (exact) mass is 333 g/mol. The van der Waals surface area contributed by atoms with Gasteiger partial charge >= 0.3 is 24.4 Å². The lowest BCUT2D eigenvalue weighted by atomic mass is 10.0. The van der Waals surface area contributed by atoms with Crippen molar-refractivity contribution in [3.8, 4) is 0 Å². The SMILES string of the molecule is FC(F)(F)C(F)(F)N(C1=CCCCC1)C(F)(F)C(F)(F)F. The summed E-state index contributed by atoms with van der Waals surface area (Å²) in [4.78, 5) is -2.15. The molecule has 0 aromatic rings. The first-order chi connectivity index (χ1) is 9.23. The molecule has 1 aliphatic rings. The third kappa shape index (κ3) is 3.20. The largest absolute Gasteiger partial charge is 0.475 e. The van der Waals surface area contributed by atoms with Crippen molar-refractivity contribution in [2.75, 3.05) is 0 Å². The van der Waals surface area contributed by atoms with Crippen LogP contribution in [0.3, 0.4) is 0 Å². The first-order valence-corrected chi connectivity index (χ1v) is 5.61. The van der Waals surface area contributed by atoms with E-state index in [1.54, 1.807) is 0 Å². The van der Waals surface area contributed by atoms with E-state index in [-0.39, 0.29) is 12.8 Å². The molecule has 0 spiro atoms. The van der Waals surface area contributed by atoms with Gasteiger partial charge in [-0.25, -0.2) is 4.90 Å². The lowest BCUT2D eigenvalue weighted by Gasteiger charge is -2.41. The topological polar surface area (TPSA) is 3.24 Å². The number of halogens is 10. The molecule has 0 fully saturated rings. The van der Waals surface area contributed by atoms with E-state index in [1.807, 2.05) is 0 Å². The number of allylic oxidation sites excluding steroid dienone is 2. The number of alkyl halides is 10. The van der Waals surface area contributed by atoms with Crippen LogP contribution < -0.4 is 0 Å². The minimum Gasteiger partial charge on any atom is -0.242 e. The zero-order valence-electron chi connectivity index (χ0n) is 10.1. The van der Waals surface area contributed by atoms with Gasteiger partial charge in [-0.3, -0.25) is 0 Å². The van der Waals surface area contributed by atoms with E-state index in [0.717, 1.165) is 0 Å². The first kappa shape index (κ1) is 17.9. The summed E-state index contributed by atoms with van der Waals surface area (Å²) in [6.45, 7) is 0. The molecule has 0 aromatic heterocycles. The van der Waals surface area contributed by atoms with Crippen LogP contribution in [-0.2, 0) is 0 Å². The lowest BCUT2D eigenvalue weighted by Crippen LogP contribution is -2.63. The van der Waals surface area contributed by atoms with Crippen molar-refractivity contribution in [2.45, 2.75) is 50.1 Å². The second kappa shape index (κ2) is 5.24. The number of nitrogens with zero attached hydrogens (tertiary/aromatic N) is 1. The minimum atomic E-state index is -6.58. The minimum absolute atomic E-state index is 0.0653. The summed E-state index contributed by atoms with van der Waals surface area (Å²) in [6, 6.07) is -12.7. The van der Waals surface area contributed by atoms with E-state index < -0.39 is 41.5 Å². The Hall–Kier alpha value is -1.16. The molecule has 11 heteroatoms. The molecule has 0 aliphatic heterocycles. The lowest BCUT2D eigenvalue weighted by molar-refractivity contribution is -0.423. The molecule has 0 unspecified atom stereocenters. The van der Waals surface area contributed by atoms with Crippen LogP contribution in [0.4, 0.5) is 43.9 Å². The second-order valence-corrected chi connectivity index (χ2v) is 4.35. The number of hydrogen-bond acceptors (Lipinski definition) is 1. The van der Waals surface area contributed by atoms with E-state index in [9.17, 15) is 43.9 Å². The van der Waals surface area contributed by atoms with Crippen LogP contribution in [0.15, 0.2) is 11.8 Å². The van der Waals surface area contributed by atoms with Crippen molar-refractivity contribution < 1.29 is 43.9 Å². The summed E-state index contributed by atoms with van der Waals surface area (Å²) in [5, 5.41) is 0. The third-order valence-corrected chi connectivity index (χ3v) is 2.80. The second-order valence-electron chi connectivity index (χ2n) is 4.35. The van der Waals surface area contributed by atoms with Crippen LogP contribution >= 0.6 is 0 Å². The maximum atomic E-state index is 13.2. The molecule has 124 valence electrons. The molecule has 0 bridgehead atoms. The van der Waals surface area contributed by atoms with Crippen molar-refractivity contribution in [3.05, 3.63) is 11.8 Å². The fourth-order valence-corrected chi connectivity index (χ4v) is 1.81. The van der Waals surface area contributed by atoms with Crippen LogP contribution in [-0.4, -0.2) is 29.3 Å². The van der Waals surface area contributed by atoms with E-state index in [2.05, 4.69) is 0 Å². The standard InChI is InChI=1S/C10H9F10N/c11-7(12,13)9(17,18)21(6-4-2-1-3-5-6)10(19,20)8(14,15)16/h4H,1-3,5H2. The molecule has 0 amide bonds. The molecule has 21 heavy (non-hydrogen) atoms. The average molecular weight is 333 g/mol. The molecule has 1 aliphatic carbocycles. The quantitative estimate of drug-likeness (QED) is 0.516. The van der Waals surface area contributed by atoms with Crippen molar-refractivity contribution in [3.63, 3.8) is 0 Å². The maximum Gasteiger partial charge on any atom is 0.475 e. The van der Waals surface area contributed by atoms with Crippen molar-refractivity contribution in [2.24, 2.45) is 0 Å². The molecule has 1 nitrogen and oxygen atoms in total. The molecule has 0 saturated heterocycles. The molecule has 0 saturated carbocycles. The van der Waals surface area contributed by atoms with Crippen LogP contribution in [0.5, 0.6) is 0 Å². The van der Waals surface area contributed by atoms with E-state index in [0.29, 0.717) is 12.5 Å². The highest BCUT2D eigenvalue weighted by molar-refractivity contribution is 5.10. The Morgan fingerprint density at radius 3 is 1.43 bits per heavy atom. The van der Waals surface area contributed by atoms with Crippen LogP contribution in [0.25, 0.3) is 0 Å². The molecule has 0 radical (unpaired) electrons. The van der Waals surface area contributed by atoms with Crippen molar-refractivity contribution in [1.29, 1.82) is 0 Å². The van der Waals surface area contributed by atoms with Gasteiger partial charge in [-0.2, -0.15) is 43.9 Å². The summed E-state index contributed by atoms with van der Waals surface area (Å²) in [5.74, 6) is 0. The van der Waals surface area contributed by atoms with Crippen LogP contribution in [0.1, 0.15) is 25.7 Å². The molecule has 0 heterocycles. The van der Waals surface area contributed by atoms with Gasteiger partial charge in [0, 0.05) is 5.70 Å². The Morgan fingerprint density at radius 2 is 1.14 bits per heavy atom. The number of hydrogen-bond donors (Lipinski definition) is 0. The highest BCUT2D eigenvalue weighted by atomic mass is 19.4. The fraction of sp³-hybridized carbons (Fsp3) is 0.800. The zero-order chi connectivity index (χ0) is 16.7. The third-order valence-electron chi connectivity index (χ3n) is 2.80. The van der Waals surface area contributed by atoms with Gasteiger partial charge in [0.05, 0.1) is 0 Å². The van der Waals surface area contributed by atoms with Gasteiger partial charge < -0.3 is 0 Å². The van der Waals surface area contributed by atoms with E-state index in [1.165, 1.54) is 0 Å². The Labute approximate surface area is 112 Å². The van der Waals surface area contributed by atoms with Crippen molar-refractivity contribution in [1.82, 2.24) is 4.90 Å². The first-order valence-electron chi connectivity index (χ1n) is 5.61. The molecular weight excluding hydrogens is 324 g/mol. The summed E-state index contributed by atoms with van der Waals surface area (Å²) in [5.41, 5.74) is -1.37. The Bertz CT molecular complexity index is 379. The van der Waals surface area contributed by atoms with Gasteiger partial charge in [0.15, 0.2) is 0 Å². The smallest absolute Gasteiger partial charge is 0.242 e. The summed E-state index contributed by atoms with van der Waals surface area (Å²) in [7, 11) is 0. The van der Waals surface area contributed by atoms with Crippen molar-refractivity contribution >= 4 is 0 Å². The van der Waals surface area contributed by atoms with E-state index >= 15 is 0 Å².